The van der Waals surface area contributed by atoms with Gasteiger partial charge < -0.3 is 9.32 Å². The summed E-state index contributed by atoms with van der Waals surface area (Å²) in [5, 5.41) is 7.26. The second-order valence-corrected chi connectivity index (χ2v) is 13.5. The molecule has 0 unspecified atom stereocenters. The van der Waals surface area contributed by atoms with E-state index in [9.17, 15) is 0 Å². The standard InChI is InChI=1S/C46H29NOS/c1-2-11-30(12-3-1)31-21-25-34(26-22-31)47(41-29-33-13-4-5-14-36(33)44-40-16-6-8-19-42(40)48-45(41)44)35-27-23-32(24-28-35)37-17-10-18-39-38-15-7-9-20-43(38)49-46(37)39/h1-29H. The van der Waals surface area contributed by atoms with Crippen LogP contribution in [0.5, 0.6) is 0 Å². The van der Waals surface area contributed by atoms with Gasteiger partial charge in [-0.2, -0.15) is 0 Å². The summed E-state index contributed by atoms with van der Waals surface area (Å²) in [6, 6.07) is 63.1. The summed E-state index contributed by atoms with van der Waals surface area (Å²) in [5.41, 5.74) is 9.76. The Kier molecular flexibility index (Phi) is 6.39. The molecule has 49 heavy (non-hydrogen) atoms. The van der Waals surface area contributed by atoms with Crippen LogP contribution in [-0.4, -0.2) is 0 Å². The quantitative estimate of drug-likeness (QED) is 0.186. The SMILES string of the molecule is c1ccc(-c2ccc(N(c3ccc(-c4cccc5c4sc4ccccc45)cc3)c3cc4ccccc4c4c3oc3ccccc34)cc2)cc1. The molecular weight excluding hydrogens is 615 g/mol. The van der Waals surface area contributed by atoms with E-state index in [4.69, 9.17) is 4.42 Å². The van der Waals surface area contributed by atoms with E-state index in [1.165, 1.54) is 53.2 Å². The van der Waals surface area contributed by atoms with Crippen LogP contribution in [0.25, 0.3) is 75.1 Å². The number of benzene rings is 8. The summed E-state index contributed by atoms with van der Waals surface area (Å²) < 4.78 is 9.38. The van der Waals surface area contributed by atoms with Gasteiger partial charge in [0.2, 0.25) is 0 Å². The molecule has 2 aromatic heterocycles. The molecule has 0 fully saturated rings. The van der Waals surface area contributed by atoms with Crippen LogP contribution in [0.2, 0.25) is 0 Å². The summed E-state index contributed by atoms with van der Waals surface area (Å²) in [6.07, 6.45) is 0. The first-order valence-corrected chi connectivity index (χ1v) is 17.4. The van der Waals surface area contributed by atoms with Crippen molar-refractivity contribution >= 4 is 81.3 Å². The van der Waals surface area contributed by atoms with Gasteiger partial charge in [-0.1, -0.05) is 133 Å². The van der Waals surface area contributed by atoms with Gasteiger partial charge in [0, 0.05) is 42.3 Å². The third-order valence-electron chi connectivity index (χ3n) is 9.66. The van der Waals surface area contributed by atoms with E-state index in [0.717, 1.165) is 39.0 Å². The molecule has 0 radical (unpaired) electrons. The highest BCUT2D eigenvalue weighted by Gasteiger charge is 2.22. The number of thiophene rings is 1. The smallest absolute Gasteiger partial charge is 0.160 e. The van der Waals surface area contributed by atoms with Crippen LogP contribution in [0.15, 0.2) is 180 Å². The molecule has 0 saturated heterocycles. The van der Waals surface area contributed by atoms with E-state index in [-0.39, 0.29) is 0 Å². The number of furan rings is 1. The van der Waals surface area contributed by atoms with E-state index in [0.29, 0.717) is 0 Å². The maximum atomic E-state index is 6.74. The maximum absolute atomic E-state index is 6.74. The number of fused-ring (bicyclic) bond motifs is 8. The fourth-order valence-electron chi connectivity index (χ4n) is 7.35. The molecule has 10 rings (SSSR count). The van der Waals surface area contributed by atoms with E-state index < -0.39 is 0 Å². The Morgan fingerprint density at radius 2 is 1.06 bits per heavy atom. The van der Waals surface area contributed by atoms with Crippen molar-refractivity contribution in [2.24, 2.45) is 0 Å². The Hall–Kier alpha value is -6.16. The van der Waals surface area contributed by atoms with Crippen LogP contribution in [0.3, 0.4) is 0 Å². The van der Waals surface area contributed by atoms with Gasteiger partial charge in [-0.05, 0) is 75.5 Å². The summed E-state index contributed by atoms with van der Waals surface area (Å²) in [5.74, 6) is 0. The molecule has 0 bridgehead atoms. The fourth-order valence-corrected chi connectivity index (χ4v) is 8.59. The lowest BCUT2D eigenvalue weighted by atomic mass is 10.00. The zero-order chi connectivity index (χ0) is 32.3. The van der Waals surface area contributed by atoms with Gasteiger partial charge in [-0.25, -0.2) is 0 Å². The first-order chi connectivity index (χ1) is 24.3. The Morgan fingerprint density at radius 1 is 0.449 bits per heavy atom. The van der Waals surface area contributed by atoms with Crippen molar-refractivity contribution in [3.63, 3.8) is 0 Å². The normalized spacial score (nSPS) is 11.7. The Labute approximate surface area is 287 Å². The van der Waals surface area contributed by atoms with Crippen molar-refractivity contribution in [2.75, 3.05) is 4.90 Å². The molecule has 0 aliphatic rings. The second-order valence-electron chi connectivity index (χ2n) is 12.5. The van der Waals surface area contributed by atoms with Crippen LogP contribution >= 0.6 is 11.3 Å². The molecule has 0 N–H and O–H groups in total. The lowest BCUT2D eigenvalue weighted by molar-refractivity contribution is 0.669. The number of hydrogen-bond acceptors (Lipinski definition) is 3. The third kappa shape index (κ3) is 4.55. The van der Waals surface area contributed by atoms with Gasteiger partial charge in [-0.3, -0.25) is 0 Å². The van der Waals surface area contributed by atoms with E-state index in [1.54, 1.807) is 0 Å². The molecule has 0 aliphatic carbocycles. The lowest BCUT2D eigenvalue weighted by Gasteiger charge is -2.26. The van der Waals surface area contributed by atoms with Crippen molar-refractivity contribution < 1.29 is 4.42 Å². The fraction of sp³-hybridized carbons (Fsp3) is 0. The second kappa shape index (κ2) is 11.2. The monoisotopic (exact) mass is 643 g/mol. The first-order valence-electron chi connectivity index (χ1n) is 16.6. The first kappa shape index (κ1) is 27.9. The van der Waals surface area contributed by atoms with Crippen molar-refractivity contribution in [3.05, 3.63) is 176 Å². The highest BCUT2D eigenvalue weighted by Crippen LogP contribution is 2.46. The van der Waals surface area contributed by atoms with Crippen LogP contribution in [0.1, 0.15) is 0 Å². The van der Waals surface area contributed by atoms with Gasteiger partial charge >= 0.3 is 0 Å². The summed E-state index contributed by atoms with van der Waals surface area (Å²) >= 11 is 1.87. The zero-order valence-electron chi connectivity index (χ0n) is 26.5. The number of hydrogen-bond donors (Lipinski definition) is 0. The highest BCUT2D eigenvalue weighted by atomic mass is 32.1. The topological polar surface area (TPSA) is 16.4 Å². The number of para-hydroxylation sites is 1. The number of anilines is 3. The molecular formula is C46H29NOS. The Morgan fingerprint density at radius 3 is 1.86 bits per heavy atom. The van der Waals surface area contributed by atoms with Crippen LogP contribution < -0.4 is 4.90 Å². The predicted molar refractivity (Wildman–Crippen MR) is 210 cm³/mol. The van der Waals surface area contributed by atoms with E-state index in [1.807, 2.05) is 17.4 Å². The lowest BCUT2D eigenvalue weighted by Crippen LogP contribution is -2.10. The van der Waals surface area contributed by atoms with Gasteiger partial charge in [0.05, 0.1) is 5.69 Å². The minimum absolute atomic E-state index is 0.881. The molecule has 0 spiro atoms. The molecule has 0 aliphatic heterocycles. The van der Waals surface area contributed by atoms with Gasteiger partial charge in [-0.15, -0.1) is 11.3 Å². The van der Waals surface area contributed by atoms with Crippen LogP contribution in [0.4, 0.5) is 17.1 Å². The number of rotatable bonds is 5. The average molecular weight is 644 g/mol. The zero-order valence-corrected chi connectivity index (χ0v) is 27.3. The minimum Gasteiger partial charge on any atom is -0.454 e. The van der Waals surface area contributed by atoms with Gasteiger partial charge in [0.25, 0.3) is 0 Å². The van der Waals surface area contributed by atoms with Gasteiger partial charge in [0.1, 0.15) is 5.58 Å². The van der Waals surface area contributed by atoms with Crippen LogP contribution in [0, 0.1) is 0 Å². The molecule has 10 aromatic rings. The summed E-state index contributed by atoms with van der Waals surface area (Å²) in [6.45, 7) is 0. The average Bonchev–Trinajstić information content (AvgIpc) is 3.76. The van der Waals surface area contributed by atoms with Crippen molar-refractivity contribution in [2.45, 2.75) is 0 Å². The van der Waals surface area contributed by atoms with E-state index >= 15 is 0 Å². The van der Waals surface area contributed by atoms with Crippen LogP contribution in [-0.2, 0) is 0 Å². The van der Waals surface area contributed by atoms with Crippen molar-refractivity contribution in [1.29, 1.82) is 0 Å². The highest BCUT2D eigenvalue weighted by molar-refractivity contribution is 7.26. The molecule has 0 amide bonds. The molecule has 0 atom stereocenters. The third-order valence-corrected chi connectivity index (χ3v) is 10.9. The molecule has 3 heteroatoms. The van der Waals surface area contributed by atoms with Crippen molar-refractivity contribution in [3.8, 4) is 22.3 Å². The maximum Gasteiger partial charge on any atom is 0.160 e. The molecule has 2 nitrogen and oxygen atoms in total. The summed E-state index contributed by atoms with van der Waals surface area (Å²) in [4.78, 5) is 2.34. The molecule has 0 saturated carbocycles. The largest absolute Gasteiger partial charge is 0.454 e. The number of nitrogens with zero attached hydrogens (tertiary/aromatic N) is 1. The van der Waals surface area contributed by atoms with Gasteiger partial charge in [0.15, 0.2) is 5.58 Å². The van der Waals surface area contributed by atoms with E-state index in [2.05, 4.69) is 175 Å². The Balaban J connectivity index is 1.18. The summed E-state index contributed by atoms with van der Waals surface area (Å²) in [7, 11) is 0. The van der Waals surface area contributed by atoms with Crippen molar-refractivity contribution in [1.82, 2.24) is 0 Å². The minimum atomic E-state index is 0.881. The predicted octanol–water partition coefficient (Wildman–Crippen LogP) is 13.9. The molecule has 2 heterocycles. The molecule has 230 valence electrons. The Bertz CT molecular complexity index is 2810. The molecule has 8 aromatic carbocycles.